The lowest BCUT2D eigenvalue weighted by molar-refractivity contribution is -0.356. The molecule has 1 N–H and O–H groups in total. The van der Waals surface area contributed by atoms with Gasteiger partial charge in [-0.15, -0.1) is 0 Å². The number of carbonyl (C=O) groups is 2. The van der Waals surface area contributed by atoms with E-state index in [2.05, 4.69) is 0 Å². The molecule has 0 saturated heterocycles. The van der Waals surface area contributed by atoms with Gasteiger partial charge in [0.2, 0.25) is 5.72 Å². The zero-order valence-corrected chi connectivity index (χ0v) is 18.2. The molecule has 0 heterocycles. The SMILES string of the molecule is CC(C)(C)OC(=O)N[C@@](CC(=O)c1ccccc1)(OCc1ccccc1)C(F)(F)C(F)(F)F. The first-order chi connectivity index (χ1) is 15.2. The van der Waals surface area contributed by atoms with Crippen molar-refractivity contribution < 1.29 is 41.0 Å². The standard InChI is InChI=1S/C23H24F5NO4/c1-20(2,3)33-19(31)29-21(22(24,25)23(26,27)28,32-15-16-10-6-4-7-11-16)14-18(30)17-12-8-5-9-13-17/h4-13H,14-15H2,1-3H3,(H,29,31)/t21-/m0/s1. The van der Waals surface area contributed by atoms with E-state index in [1.165, 1.54) is 74.6 Å². The number of halogens is 5. The Kier molecular flexibility index (Phi) is 7.84. The fourth-order valence-corrected chi connectivity index (χ4v) is 2.84. The molecule has 5 nitrogen and oxygen atoms in total. The number of carbonyl (C=O) groups excluding carboxylic acids is 2. The topological polar surface area (TPSA) is 64.6 Å². The minimum absolute atomic E-state index is 0.130. The van der Waals surface area contributed by atoms with Crippen molar-refractivity contribution in [3.63, 3.8) is 0 Å². The number of ketones is 1. The Balaban J connectivity index is 2.55. The smallest absolute Gasteiger partial charge is 0.444 e. The lowest BCUT2D eigenvalue weighted by atomic mass is 9.94. The second kappa shape index (κ2) is 9.86. The molecule has 0 saturated carbocycles. The van der Waals surface area contributed by atoms with Gasteiger partial charge < -0.3 is 9.47 Å². The van der Waals surface area contributed by atoms with E-state index in [4.69, 9.17) is 9.47 Å². The Hall–Kier alpha value is -3.01. The van der Waals surface area contributed by atoms with Crippen molar-refractivity contribution in [3.8, 4) is 0 Å². The van der Waals surface area contributed by atoms with Gasteiger partial charge >= 0.3 is 18.2 Å². The summed E-state index contributed by atoms with van der Waals surface area (Å²) in [7, 11) is 0. The molecule has 2 rings (SSSR count). The van der Waals surface area contributed by atoms with Crippen LogP contribution in [0.25, 0.3) is 0 Å². The molecule has 1 atom stereocenters. The van der Waals surface area contributed by atoms with Crippen LogP contribution in [0.5, 0.6) is 0 Å². The van der Waals surface area contributed by atoms with E-state index in [-0.39, 0.29) is 11.1 Å². The van der Waals surface area contributed by atoms with E-state index in [0.29, 0.717) is 0 Å². The maximum atomic E-state index is 14.9. The third-order valence-electron chi connectivity index (χ3n) is 4.40. The predicted molar refractivity (Wildman–Crippen MR) is 110 cm³/mol. The molecule has 33 heavy (non-hydrogen) atoms. The molecule has 2 aromatic carbocycles. The average molecular weight is 473 g/mol. The third-order valence-corrected chi connectivity index (χ3v) is 4.40. The van der Waals surface area contributed by atoms with E-state index in [1.54, 1.807) is 12.1 Å². The van der Waals surface area contributed by atoms with Crippen LogP contribution in [0.1, 0.15) is 43.1 Å². The zero-order valence-electron chi connectivity index (χ0n) is 18.2. The zero-order chi connectivity index (χ0) is 24.9. The van der Waals surface area contributed by atoms with Crippen LogP contribution in [0.15, 0.2) is 60.7 Å². The number of hydrogen-bond acceptors (Lipinski definition) is 4. The molecular weight excluding hydrogens is 449 g/mol. The summed E-state index contributed by atoms with van der Waals surface area (Å²) in [5.41, 5.74) is -4.88. The molecular formula is C23H24F5NO4. The van der Waals surface area contributed by atoms with E-state index in [9.17, 15) is 31.5 Å². The predicted octanol–water partition coefficient (Wildman–Crippen LogP) is 5.89. The first kappa shape index (κ1) is 26.2. The molecule has 0 spiro atoms. The minimum Gasteiger partial charge on any atom is -0.444 e. The van der Waals surface area contributed by atoms with E-state index < -0.39 is 48.3 Å². The highest BCUT2D eigenvalue weighted by atomic mass is 19.4. The lowest BCUT2D eigenvalue weighted by Gasteiger charge is -2.41. The number of alkyl carbamates (subject to hydrolysis) is 1. The highest BCUT2D eigenvalue weighted by molar-refractivity contribution is 5.97. The number of ether oxygens (including phenoxy) is 2. The van der Waals surface area contributed by atoms with E-state index in [1.807, 2.05) is 0 Å². The van der Waals surface area contributed by atoms with Gasteiger partial charge in [-0.2, -0.15) is 22.0 Å². The van der Waals surface area contributed by atoms with E-state index in [0.717, 1.165) is 0 Å². The van der Waals surface area contributed by atoms with Crippen molar-refractivity contribution in [2.45, 2.75) is 57.2 Å². The number of amides is 1. The summed E-state index contributed by atoms with van der Waals surface area (Å²) in [6.45, 7) is 3.45. The second-order valence-corrected chi connectivity index (χ2v) is 8.27. The summed E-state index contributed by atoms with van der Waals surface area (Å²) in [5.74, 6) is -6.75. The number of benzene rings is 2. The number of hydrogen-bond donors (Lipinski definition) is 1. The van der Waals surface area contributed by atoms with Gasteiger partial charge in [-0.3, -0.25) is 10.1 Å². The molecule has 0 aromatic heterocycles. The normalized spacial score (nSPS) is 14.3. The quantitative estimate of drug-likeness (QED) is 0.295. The Morgan fingerprint density at radius 2 is 1.36 bits per heavy atom. The summed E-state index contributed by atoms with van der Waals surface area (Å²) in [5, 5.41) is 1.53. The van der Waals surface area contributed by atoms with Crippen LogP contribution in [0.3, 0.4) is 0 Å². The van der Waals surface area contributed by atoms with Crippen molar-refractivity contribution in [2.24, 2.45) is 0 Å². The monoisotopic (exact) mass is 473 g/mol. The second-order valence-electron chi connectivity index (χ2n) is 8.27. The Bertz CT molecular complexity index is 943. The molecule has 0 fully saturated rings. The number of alkyl halides is 5. The Morgan fingerprint density at radius 3 is 1.85 bits per heavy atom. The highest BCUT2D eigenvalue weighted by Gasteiger charge is 2.72. The minimum atomic E-state index is -6.16. The molecule has 0 radical (unpaired) electrons. The van der Waals surface area contributed by atoms with Crippen LogP contribution < -0.4 is 5.32 Å². The average Bonchev–Trinajstić information content (AvgIpc) is 2.71. The fourth-order valence-electron chi connectivity index (χ4n) is 2.84. The Labute approximate surface area is 187 Å². The molecule has 1 amide bonds. The molecule has 2 aromatic rings. The van der Waals surface area contributed by atoms with Gasteiger partial charge in [0.25, 0.3) is 0 Å². The highest BCUT2D eigenvalue weighted by Crippen LogP contribution is 2.46. The maximum absolute atomic E-state index is 14.9. The van der Waals surface area contributed by atoms with Crippen LogP contribution in [-0.2, 0) is 16.1 Å². The molecule has 0 aliphatic rings. The number of rotatable bonds is 8. The van der Waals surface area contributed by atoms with Gasteiger partial charge in [0, 0.05) is 5.56 Å². The van der Waals surface area contributed by atoms with Gasteiger partial charge in [-0.25, -0.2) is 4.79 Å². The van der Waals surface area contributed by atoms with Gasteiger partial charge in [-0.05, 0) is 26.3 Å². The number of Topliss-reactive ketones (excluding diaryl/α,β-unsaturated/α-hetero) is 1. The summed E-state index contributed by atoms with van der Waals surface area (Å²) in [4.78, 5) is 25.1. The lowest BCUT2D eigenvalue weighted by Crippen LogP contribution is -2.68. The fraction of sp³-hybridized carbons (Fsp3) is 0.391. The van der Waals surface area contributed by atoms with Crippen molar-refractivity contribution in [3.05, 3.63) is 71.8 Å². The Morgan fingerprint density at radius 1 is 0.848 bits per heavy atom. The van der Waals surface area contributed by atoms with Gasteiger partial charge in [-0.1, -0.05) is 60.7 Å². The molecule has 180 valence electrons. The van der Waals surface area contributed by atoms with Crippen molar-refractivity contribution in [1.82, 2.24) is 5.32 Å². The van der Waals surface area contributed by atoms with Crippen LogP contribution in [0.4, 0.5) is 26.7 Å². The van der Waals surface area contributed by atoms with Gasteiger partial charge in [0.05, 0.1) is 13.0 Å². The van der Waals surface area contributed by atoms with Crippen LogP contribution in [0.2, 0.25) is 0 Å². The first-order valence-corrected chi connectivity index (χ1v) is 9.89. The summed E-state index contributed by atoms with van der Waals surface area (Å²) in [6.07, 6.45) is -9.26. The van der Waals surface area contributed by atoms with Crippen LogP contribution in [-0.4, -0.2) is 35.3 Å². The first-order valence-electron chi connectivity index (χ1n) is 9.89. The van der Waals surface area contributed by atoms with Crippen molar-refractivity contribution in [2.75, 3.05) is 0 Å². The number of nitrogens with one attached hydrogen (secondary N) is 1. The molecule has 0 bridgehead atoms. The summed E-state index contributed by atoms with van der Waals surface area (Å²) < 4.78 is 80.6. The molecule has 0 aliphatic carbocycles. The van der Waals surface area contributed by atoms with Crippen LogP contribution in [0, 0.1) is 0 Å². The van der Waals surface area contributed by atoms with Gasteiger partial charge in [0.15, 0.2) is 5.78 Å². The summed E-state index contributed by atoms with van der Waals surface area (Å²) >= 11 is 0. The molecule has 0 aliphatic heterocycles. The van der Waals surface area contributed by atoms with Crippen LogP contribution >= 0.6 is 0 Å². The third kappa shape index (κ3) is 6.74. The van der Waals surface area contributed by atoms with Crippen molar-refractivity contribution >= 4 is 11.9 Å². The largest absolute Gasteiger partial charge is 0.458 e. The summed E-state index contributed by atoms with van der Waals surface area (Å²) in [6, 6.07) is 14.4. The maximum Gasteiger partial charge on any atom is 0.458 e. The molecule has 0 unspecified atom stereocenters. The van der Waals surface area contributed by atoms with Crippen molar-refractivity contribution in [1.29, 1.82) is 0 Å². The van der Waals surface area contributed by atoms with E-state index >= 15 is 0 Å². The molecule has 10 heteroatoms. The van der Waals surface area contributed by atoms with Gasteiger partial charge in [0.1, 0.15) is 5.60 Å².